The first kappa shape index (κ1) is 10.2. The molecule has 82 valence electrons. The number of nitrogens with one attached hydrogen (secondary N) is 1. The van der Waals surface area contributed by atoms with Gasteiger partial charge >= 0.3 is 0 Å². The molecule has 1 unspecified atom stereocenters. The van der Waals surface area contributed by atoms with Crippen molar-refractivity contribution in [3.8, 4) is 0 Å². The van der Waals surface area contributed by atoms with Crippen LogP contribution >= 0.6 is 0 Å². The van der Waals surface area contributed by atoms with Gasteiger partial charge in [0.15, 0.2) is 0 Å². The molecule has 3 N–H and O–H groups in total. The Labute approximate surface area is 89.2 Å². The van der Waals surface area contributed by atoms with Crippen molar-refractivity contribution >= 4 is 5.91 Å². The zero-order valence-electron chi connectivity index (χ0n) is 8.70. The van der Waals surface area contributed by atoms with E-state index in [0.717, 1.165) is 18.8 Å². The summed E-state index contributed by atoms with van der Waals surface area (Å²) in [5.74, 6) is 5.73. The first-order valence-corrected chi connectivity index (χ1v) is 5.02. The molecule has 0 aromatic heterocycles. The summed E-state index contributed by atoms with van der Waals surface area (Å²) >= 11 is 0. The van der Waals surface area contributed by atoms with Crippen LogP contribution in [0.3, 0.4) is 0 Å². The van der Waals surface area contributed by atoms with Gasteiger partial charge in [-0.05, 0) is 0 Å². The van der Waals surface area contributed by atoms with Crippen molar-refractivity contribution in [3.63, 3.8) is 0 Å². The Hall–Kier alpha value is -1.33. The minimum absolute atomic E-state index is 0.0102. The van der Waals surface area contributed by atoms with Crippen molar-refractivity contribution in [3.05, 3.63) is 24.6 Å². The normalized spacial score (nSPS) is 28.5. The average Bonchev–Trinajstić information content (AvgIpc) is 2.25. The van der Waals surface area contributed by atoms with Crippen LogP contribution in [0.15, 0.2) is 24.6 Å². The van der Waals surface area contributed by atoms with Crippen LogP contribution in [0.25, 0.3) is 0 Å². The van der Waals surface area contributed by atoms with E-state index in [1.54, 1.807) is 5.01 Å². The summed E-state index contributed by atoms with van der Waals surface area (Å²) in [6, 6.07) is 0.121. The van der Waals surface area contributed by atoms with Gasteiger partial charge in [-0.2, -0.15) is 0 Å². The number of fused-ring (bicyclic) bond motifs is 1. The molecular weight excluding hydrogens is 192 g/mol. The van der Waals surface area contributed by atoms with E-state index < -0.39 is 0 Å². The lowest BCUT2D eigenvalue weighted by atomic mass is 10.1. The fourth-order valence-electron chi connectivity index (χ4n) is 2.09. The molecule has 2 fully saturated rings. The summed E-state index contributed by atoms with van der Waals surface area (Å²) in [7, 11) is 0. The minimum atomic E-state index is -0.0102. The van der Waals surface area contributed by atoms with Crippen molar-refractivity contribution in [2.45, 2.75) is 12.5 Å². The zero-order valence-corrected chi connectivity index (χ0v) is 8.70. The summed E-state index contributed by atoms with van der Waals surface area (Å²) in [4.78, 5) is 13.6. The van der Waals surface area contributed by atoms with Gasteiger partial charge in [-0.3, -0.25) is 10.6 Å². The quantitative estimate of drug-likeness (QED) is 0.522. The molecule has 0 aromatic rings. The molecule has 0 bridgehead atoms. The number of rotatable bonds is 0. The highest BCUT2D eigenvalue weighted by molar-refractivity contribution is 5.80. The molecule has 2 aliphatic rings. The SMILES string of the molecule is C=C1NC(=O)CC2CN(N)CCN2C1=C. The fraction of sp³-hybridized carbons (Fsp3) is 0.500. The molecule has 5 heteroatoms. The lowest BCUT2D eigenvalue weighted by Gasteiger charge is -2.40. The monoisotopic (exact) mass is 208 g/mol. The summed E-state index contributed by atoms with van der Waals surface area (Å²) in [5, 5.41) is 4.47. The van der Waals surface area contributed by atoms with Crippen molar-refractivity contribution in [2.75, 3.05) is 19.6 Å². The van der Waals surface area contributed by atoms with E-state index in [2.05, 4.69) is 23.4 Å². The van der Waals surface area contributed by atoms with Crippen molar-refractivity contribution in [1.29, 1.82) is 0 Å². The van der Waals surface area contributed by atoms with E-state index >= 15 is 0 Å². The largest absolute Gasteiger partial charge is 0.364 e. The van der Waals surface area contributed by atoms with Gasteiger partial charge in [0.25, 0.3) is 0 Å². The molecule has 0 aromatic carbocycles. The lowest BCUT2D eigenvalue weighted by Crippen LogP contribution is -2.54. The van der Waals surface area contributed by atoms with Gasteiger partial charge in [-0.15, -0.1) is 0 Å². The second kappa shape index (κ2) is 3.67. The highest BCUT2D eigenvalue weighted by atomic mass is 16.1. The highest BCUT2D eigenvalue weighted by Gasteiger charge is 2.32. The predicted molar refractivity (Wildman–Crippen MR) is 57.3 cm³/mol. The Kier molecular flexibility index (Phi) is 2.50. The summed E-state index contributed by atoms with van der Waals surface area (Å²) in [6.07, 6.45) is 0.450. The molecule has 5 nitrogen and oxygen atoms in total. The van der Waals surface area contributed by atoms with Gasteiger partial charge in [0, 0.05) is 26.1 Å². The van der Waals surface area contributed by atoms with Crippen LogP contribution in [0, 0.1) is 0 Å². The predicted octanol–water partition coefficient (Wildman–Crippen LogP) is -0.606. The average molecular weight is 208 g/mol. The Bertz CT molecular complexity index is 325. The van der Waals surface area contributed by atoms with Crippen LogP contribution in [0.4, 0.5) is 0 Å². The Morgan fingerprint density at radius 1 is 1.40 bits per heavy atom. The Morgan fingerprint density at radius 3 is 2.87 bits per heavy atom. The molecule has 0 saturated carbocycles. The standard InChI is InChI=1S/C10H16N4O/c1-7-8(2)14-4-3-13(11)6-9(14)5-10(15)12-7/h9H,1-6,11H2,(H,12,15). The van der Waals surface area contributed by atoms with E-state index in [0.29, 0.717) is 18.7 Å². The maximum atomic E-state index is 11.5. The zero-order chi connectivity index (χ0) is 11.0. The number of nitrogens with zero attached hydrogens (tertiary/aromatic N) is 2. The van der Waals surface area contributed by atoms with Crippen LogP contribution in [0.2, 0.25) is 0 Å². The molecule has 1 amide bonds. The Morgan fingerprint density at radius 2 is 2.13 bits per heavy atom. The molecule has 0 spiro atoms. The first-order chi connectivity index (χ1) is 7.08. The third-order valence-electron chi connectivity index (χ3n) is 2.92. The smallest absolute Gasteiger partial charge is 0.226 e. The van der Waals surface area contributed by atoms with Crippen LogP contribution in [0.5, 0.6) is 0 Å². The third-order valence-corrected chi connectivity index (χ3v) is 2.92. The fourth-order valence-corrected chi connectivity index (χ4v) is 2.09. The number of hydrazine groups is 1. The number of nitrogens with two attached hydrogens (primary N) is 1. The van der Waals surface area contributed by atoms with E-state index in [-0.39, 0.29) is 11.9 Å². The number of piperazine rings is 1. The maximum Gasteiger partial charge on any atom is 0.226 e. The lowest BCUT2D eigenvalue weighted by molar-refractivity contribution is -0.121. The van der Waals surface area contributed by atoms with Crippen molar-refractivity contribution in [2.24, 2.45) is 5.84 Å². The molecule has 0 radical (unpaired) electrons. The number of carbonyl (C=O) groups is 1. The number of carbonyl (C=O) groups excluding carboxylic acids is 1. The highest BCUT2D eigenvalue weighted by Crippen LogP contribution is 2.22. The number of hydrogen-bond donors (Lipinski definition) is 2. The summed E-state index contributed by atoms with van der Waals surface area (Å²) < 4.78 is 0. The van der Waals surface area contributed by atoms with Gasteiger partial charge in [0.05, 0.1) is 17.4 Å². The van der Waals surface area contributed by atoms with E-state index in [1.807, 2.05) is 0 Å². The number of amides is 1. The summed E-state index contributed by atoms with van der Waals surface area (Å²) in [5.41, 5.74) is 1.41. The maximum absolute atomic E-state index is 11.5. The molecule has 2 rings (SSSR count). The van der Waals surface area contributed by atoms with Crippen LogP contribution in [-0.4, -0.2) is 41.5 Å². The van der Waals surface area contributed by atoms with Crippen molar-refractivity contribution < 1.29 is 4.79 Å². The van der Waals surface area contributed by atoms with Crippen LogP contribution in [-0.2, 0) is 4.79 Å². The van der Waals surface area contributed by atoms with Crippen LogP contribution in [0.1, 0.15) is 6.42 Å². The molecule has 2 aliphatic heterocycles. The molecule has 15 heavy (non-hydrogen) atoms. The molecule has 2 heterocycles. The van der Waals surface area contributed by atoms with E-state index in [4.69, 9.17) is 5.84 Å². The van der Waals surface area contributed by atoms with Crippen molar-refractivity contribution in [1.82, 2.24) is 15.2 Å². The van der Waals surface area contributed by atoms with Gasteiger partial charge in [0.2, 0.25) is 5.91 Å². The van der Waals surface area contributed by atoms with Gasteiger partial charge in [-0.1, -0.05) is 13.2 Å². The van der Waals surface area contributed by atoms with Crippen LogP contribution < -0.4 is 11.2 Å². The molecular formula is C10H16N4O. The van der Waals surface area contributed by atoms with Gasteiger partial charge in [0.1, 0.15) is 0 Å². The van der Waals surface area contributed by atoms with E-state index in [9.17, 15) is 4.79 Å². The first-order valence-electron chi connectivity index (χ1n) is 5.02. The van der Waals surface area contributed by atoms with Gasteiger partial charge in [-0.25, -0.2) is 5.01 Å². The second-order valence-corrected chi connectivity index (χ2v) is 4.02. The Balaban J connectivity index is 2.22. The van der Waals surface area contributed by atoms with E-state index in [1.165, 1.54) is 0 Å². The second-order valence-electron chi connectivity index (χ2n) is 4.02. The third kappa shape index (κ3) is 1.88. The molecule has 1 atom stereocenters. The topological polar surface area (TPSA) is 61.6 Å². The van der Waals surface area contributed by atoms with Gasteiger partial charge < -0.3 is 10.2 Å². The number of hydrogen-bond acceptors (Lipinski definition) is 4. The molecule has 2 saturated heterocycles. The molecule has 0 aliphatic carbocycles. The minimum Gasteiger partial charge on any atom is -0.364 e. The summed E-state index contributed by atoms with van der Waals surface area (Å²) in [6.45, 7) is 10.0.